The van der Waals surface area contributed by atoms with Crippen LogP contribution in [0.25, 0.3) is 0 Å². The summed E-state index contributed by atoms with van der Waals surface area (Å²) in [5, 5.41) is 0. The maximum Gasteiger partial charge on any atom is 0.231 e. The number of benzene rings is 1. The van der Waals surface area contributed by atoms with E-state index in [-0.39, 0.29) is 12.1 Å². The van der Waals surface area contributed by atoms with Gasteiger partial charge in [0.1, 0.15) is 0 Å². The van der Waals surface area contributed by atoms with Crippen molar-refractivity contribution in [2.45, 2.75) is 19.2 Å². The summed E-state index contributed by atoms with van der Waals surface area (Å²) in [7, 11) is 0. The molecule has 3 heteroatoms. The Morgan fingerprint density at radius 1 is 1.47 bits per heavy atom. The van der Waals surface area contributed by atoms with Gasteiger partial charge in [-0.2, -0.15) is 0 Å². The number of amides is 1. The lowest BCUT2D eigenvalue weighted by Crippen LogP contribution is -2.52. The Morgan fingerprint density at radius 3 is 2.80 bits per heavy atom. The molecular formula is C12H13NO2. The van der Waals surface area contributed by atoms with E-state index in [0.717, 1.165) is 5.56 Å². The average molecular weight is 203 g/mol. The predicted molar refractivity (Wildman–Crippen MR) is 56.7 cm³/mol. The van der Waals surface area contributed by atoms with Crippen LogP contribution in [-0.4, -0.2) is 17.0 Å². The largest absolute Gasteiger partial charge is 0.478 e. The van der Waals surface area contributed by atoms with E-state index in [9.17, 15) is 4.79 Å². The standard InChI is InChI=1S/C12H13NO2/c1-2-15-12-8-11(14)13(12)9-10-6-4-3-5-7-10/h2-7,12H,1,8-9H2. The van der Waals surface area contributed by atoms with Crippen molar-refractivity contribution in [2.75, 3.05) is 0 Å². The number of ether oxygens (including phenoxy) is 1. The van der Waals surface area contributed by atoms with Crippen molar-refractivity contribution in [1.82, 2.24) is 4.90 Å². The van der Waals surface area contributed by atoms with Crippen molar-refractivity contribution in [2.24, 2.45) is 0 Å². The van der Waals surface area contributed by atoms with Gasteiger partial charge >= 0.3 is 0 Å². The lowest BCUT2D eigenvalue weighted by Gasteiger charge is -2.39. The van der Waals surface area contributed by atoms with Gasteiger partial charge in [0.15, 0.2) is 6.23 Å². The van der Waals surface area contributed by atoms with Gasteiger partial charge in [0, 0.05) is 6.54 Å². The first-order valence-corrected chi connectivity index (χ1v) is 4.91. The highest BCUT2D eigenvalue weighted by atomic mass is 16.5. The highest BCUT2D eigenvalue weighted by molar-refractivity contribution is 5.82. The summed E-state index contributed by atoms with van der Waals surface area (Å²) in [4.78, 5) is 13.0. The number of β-lactam (4-membered cyclic amide) rings is 1. The fourth-order valence-corrected chi connectivity index (χ4v) is 1.63. The fraction of sp³-hybridized carbons (Fsp3) is 0.250. The normalized spacial score (nSPS) is 19.6. The Bertz CT molecular complexity index is 359. The third kappa shape index (κ3) is 2.01. The van der Waals surface area contributed by atoms with E-state index in [1.807, 2.05) is 30.3 Å². The van der Waals surface area contributed by atoms with Gasteiger partial charge in [0.25, 0.3) is 0 Å². The van der Waals surface area contributed by atoms with Crippen LogP contribution in [0, 0.1) is 0 Å². The molecular weight excluding hydrogens is 190 g/mol. The minimum atomic E-state index is -0.129. The number of hydrogen-bond acceptors (Lipinski definition) is 2. The maximum atomic E-state index is 11.3. The summed E-state index contributed by atoms with van der Waals surface area (Å²) < 4.78 is 5.20. The molecule has 0 saturated carbocycles. The van der Waals surface area contributed by atoms with E-state index < -0.39 is 0 Å². The van der Waals surface area contributed by atoms with Crippen LogP contribution in [-0.2, 0) is 16.1 Å². The van der Waals surface area contributed by atoms with E-state index in [4.69, 9.17) is 4.74 Å². The fourth-order valence-electron chi connectivity index (χ4n) is 1.63. The molecule has 1 unspecified atom stereocenters. The van der Waals surface area contributed by atoms with Crippen LogP contribution in [0.15, 0.2) is 43.2 Å². The maximum absolute atomic E-state index is 11.3. The molecule has 15 heavy (non-hydrogen) atoms. The van der Waals surface area contributed by atoms with Gasteiger partial charge in [0.05, 0.1) is 12.7 Å². The third-order valence-electron chi connectivity index (χ3n) is 2.47. The molecule has 1 fully saturated rings. The molecule has 1 aromatic rings. The molecule has 0 aliphatic carbocycles. The van der Waals surface area contributed by atoms with Gasteiger partial charge in [-0.3, -0.25) is 4.79 Å². The molecule has 1 aliphatic rings. The van der Waals surface area contributed by atoms with Crippen LogP contribution in [0.2, 0.25) is 0 Å². The van der Waals surface area contributed by atoms with Crippen molar-refractivity contribution in [3.63, 3.8) is 0 Å². The van der Waals surface area contributed by atoms with Crippen molar-refractivity contribution in [1.29, 1.82) is 0 Å². The highest BCUT2D eigenvalue weighted by Gasteiger charge is 2.36. The number of likely N-dealkylation sites (tertiary alicyclic amines) is 1. The lowest BCUT2D eigenvalue weighted by molar-refractivity contribution is -0.166. The molecule has 0 N–H and O–H groups in total. The average Bonchev–Trinajstić information content (AvgIpc) is 2.27. The van der Waals surface area contributed by atoms with Gasteiger partial charge in [0.2, 0.25) is 5.91 Å². The zero-order valence-corrected chi connectivity index (χ0v) is 8.43. The van der Waals surface area contributed by atoms with Gasteiger partial charge in [-0.25, -0.2) is 0 Å². The van der Waals surface area contributed by atoms with Gasteiger partial charge < -0.3 is 9.64 Å². The Kier molecular flexibility index (Phi) is 2.72. The Labute approximate surface area is 89.0 Å². The lowest BCUT2D eigenvalue weighted by atomic mass is 10.1. The molecule has 1 aliphatic heterocycles. The second-order valence-electron chi connectivity index (χ2n) is 3.47. The molecule has 0 radical (unpaired) electrons. The molecule has 0 aromatic heterocycles. The first kappa shape index (κ1) is 9.77. The molecule has 0 bridgehead atoms. The zero-order chi connectivity index (χ0) is 10.7. The van der Waals surface area contributed by atoms with Gasteiger partial charge in [-0.1, -0.05) is 36.9 Å². The first-order valence-electron chi connectivity index (χ1n) is 4.91. The highest BCUT2D eigenvalue weighted by Crippen LogP contribution is 2.23. The smallest absolute Gasteiger partial charge is 0.231 e. The topological polar surface area (TPSA) is 29.5 Å². The SMILES string of the molecule is C=COC1CC(=O)N1Cc1ccccc1. The van der Waals surface area contributed by atoms with E-state index in [1.54, 1.807) is 4.90 Å². The summed E-state index contributed by atoms with van der Waals surface area (Å²) in [5.41, 5.74) is 1.11. The number of carbonyl (C=O) groups is 1. The molecule has 1 aromatic carbocycles. The molecule has 78 valence electrons. The monoisotopic (exact) mass is 203 g/mol. The van der Waals surface area contributed by atoms with E-state index in [2.05, 4.69) is 6.58 Å². The van der Waals surface area contributed by atoms with Crippen LogP contribution in [0.4, 0.5) is 0 Å². The Morgan fingerprint density at radius 2 is 2.20 bits per heavy atom. The zero-order valence-electron chi connectivity index (χ0n) is 8.43. The minimum absolute atomic E-state index is 0.129. The van der Waals surface area contributed by atoms with Crippen molar-refractivity contribution < 1.29 is 9.53 Å². The van der Waals surface area contributed by atoms with Gasteiger partial charge in [-0.15, -0.1) is 0 Å². The van der Waals surface area contributed by atoms with Crippen LogP contribution in [0.5, 0.6) is 0 Å². The van der Waals surface area contributed by atoms with Crippen molar-refractivity contribution >= 4 is 5.91 Å². The second kappa shape index (κ2) is 4.17. The van der Waals surface area contributed by atoms with Crippen molar-refractivity contribution in [3.8, 4) is 0 Å². The summed E-state index contributed by atoms with van der Waals surface area (Å²) in [5.74, 6) is 0.130. The van der Waals surface area contributed by atoms with Crippen LogP contribution >= 0.6 is 0 Å². The Hall–Kier alpha value is -1.77. The number of nitrogens with zero attached hydrogens (tertiary/aromatic N) is 1. The number of carbonyl (C=O) groups excluding carboxylic acids is 1. The quantitative estimate of drug-likeness (QED) is 0.552. The van der Waals surface area contributed by atoms with Crippen LogP contribution in [0.3, 0.4) is 0 Å². The number of hydrogen-bond donors (Lipinski definition) is 0. The molecule has 1 atom stereocenters. The van der Waals surface area contributed by atoms with Gasteiger partial charge in [-0.05, 0) is 5.56 Å². The summed E-state index contributed by atoms with van der Waals surface area (Å²) >= 11 is 0. The molecule has 0 spiro atoms. The molecule has 1 amide bonds. The Balaban J connectivity index is 1.99. The molecule has 1 heterocycles. The third-order valence-corrected chi connectivity index (χ3v) is 2.47. The van der Waals surface area contributed by atoms with Crippen LogP contribution in [0.1, 0.15) is 12.0 Å². The summed E-state index contributed by atoms with van der Waals surface area (Å²) in [6.45, 7) is 4.10. The summed E-state index contributed by atoms with van der Waals surface area (Å²) in [6, 6.07) is 9.87. The van der Waals surface area contributed by atoms with Crippen LogP contribution < -0.4 is 0 Å². The predicted octanol–water partition coefficient (Wildman–Crippen LogP) is 1.91. The van der Waals surface area contributed by atoms with E-state index in [1.165, 1.54) is 6.26 Å². The summed E-state index contributed by atoms with van der Waals surface area (Å²) in [6.07, 6.45) is 1.71. The van der Waals surface area contributed by atoms with E-state index >= 15 is 0 Å². The second-order valence-corrected chi connectivity index (χ2v) is 3.47. The molecule has 2 rings (SSSR count). The minimum Gasteiger partial charge on any atom is -0.478 e. The van der Waals surface area contributed by atoms with E-state index in [0.29, 0.717) is 13.0 Å². The first-order chi connectivity index (χ1) is 7.31. The molecule has 1 saturated heterocycles. The molecule has 3 nitrogen and oxygen atoms in total. The van der Waals surface area contributed by atoms with Crippen molar-refractivity contribution in [3.05, 3.63) is 48.7 Å². The number of rotatable bonds is 4.